The third-order valence-electron chi connectivity index (χ3n) is 4.76. The van der Waals surface area contributed by atoms with E-state index in [1.807, 2.05) is 0 Å². The van der Waals surface area contributed by atoms with Crippen LogP contribution in [-0.2, 0) is 0 Å². The predicted octanol–water partition coefficient (Wildman–Crippen LogP) is 2.01. The number of halogens is 1. The minimum atomic E-state index is -0.503. The summed E-state index contributed by atoms with van der Waals surface area (Å²) in [5, 5.41) is 6.09. The molecule has 0 unspecified atom stereocenters. The second-order valence-corrected chi connectivity index (χ2v) is 6.89. The molecule has 8 nitrogen and oxygen atoms in total. The van der Waals surface area contributed by atoms with Crippen molar-refractivity contribution < 1.29 is 9.18 Å². The summed E-state index contributed by atoms with van der Waals surface area (Å²) >= 11 is 0. The van der Waals surface area contributed by atoms with Crippen LogP contribution in [0.2, 0.25) is 0 Å². The van der Waals surface area contributed by atoms with Gasteiger partial charge in [-0.2, -0.15) is 0 Å². The number of hydrogen-bond acceptors (Lipinski definition) is 6. The van der Waals surface area contributed by atoms with Gasteiger partial charge in [0.15, 0.2) is 11.5 Å². The van der Waals surface area contributed by atoms with Gasteiger partial charge in [-0.05, 0) is 19.9 Å². The van der Waals surface area contributed by atoms with Crippen LogP contribution in [0.5, 0.6) is 0 Å². The number of likely N-dealkylation sites (N-methyl/N-ethyl adjacent to an activating group) is 1. The lowest BCUT2D eigenvalue weighted by atomic mass is 10.3. The molecular weight excluding hydrogens is 361 g/mol. The third-order valence-corrected chi connectivity index (χ3v) is 4.76. The molecule has 9 heteroatoms. The van der Waals surface area contributed by atoms with Crippen molar-refractivity contribution in [2.75, 3.05) is 29.9 Å². The van der Waals surface area contributed by atoms with Crippen molar-refractivity contribution in [2.45, 2.75) is 26.3 Å². The van der Waals surface area contributed by atoms with E-state index >= 15 is 0 Å². The minimum absolute atomic E-state index is 0.175. The molecule has 0 spiro atoms. The third kappa shape index (κ3) is 3.65. The Balaban J connectivity index is 1.45. The van der Waals surface area contributed by atoms with E-state index in [9.17, 15) is 9.18 Å². The molecule has 0 bridgehead atoms. The molecule has 2 N–H and O–H groups in total. The Morgan fingerprint density at radius 3 is 2.93 bits per heavy atom. The summed E-state index contributed by atoms with van der Waals surface area (Å²) in [6.45, 7) is 6.59. The number of pyridine rings is 1. The number of nitrogens with one attached hydrogen (secondary N) is 2. The summed E-state index contributed by atoms with van der Waals surface area (Å²) in [5.74, 6) is -0.198. The predicted molar refractivity (Wildman–Crippen MR) is 104 cm³/mol. The molecule has 3 aromatic rings. The summed E-state index contributed by atoms with van der Waals surface area (Å²) in [6.07, 6.45) is 7.41. The smallest absolute Gasteiger partial charge is 0.275 e. The zero-order chi connectivity index (χ0) is 19.7. The van der Waals surface area contributed by atoms with Gasteiger partial charge in [0.1, 0.15) is 11.5 Å². The molecule has 4 rings (SSSR count). The largest absolute Gasteiger partial charge is 0.354 e. The van der Waals surface area contributed by atoms with Gasteiger partial charge in [-0.1, -0.05) is 6.92 Å². The van der Waals surface area contributed by atoms with Gasteiger partial charge in [0, 0.05) is 37.6 Å². The Morgan fingerprint density at radius 1 is 1.32 bits per heavy atom. The molecule has 3 aromatic heterocycles. The monoisotopic (exact) mass is 383 g/mol. The second-order valence-electron chi connectivity index (χ2n) is 6.89. The number of fused-ring (bicyclic) bond motifs is 1. The first kappa shape index (κ1) is 18.3. The summed E-state index contributed by atoms with van der Waals surface area (Å²) in [7, 11) is 0. The van der Waals surface area contributed by atoms with E-state index in [2.05, 4.69) is 37.4 Å². The second kappa shape index (κ2) is 7.51. The van der Waals surface area contributed by atoms with Crippen molar-refractivity contribution in [3.63, 3.8) is 0 Å². The van der Waals surface area contributed by atoms with Crippen LogP contribution in [0.4, 0.5) is 15.9 Å². The first-order valence-corrected chi connectivity index (χ1v) is 9.30. The van der Waals surface area contributed by atoms with Crippen LogP contribution in [-0.4, -0.2) is 50.9 Å². The van der Waals surface area contributed by atoms with Crippen LogP contribution >= 0.6 is 0 Å². The van der Waals surface area contributed by atoms with Gasteiger partial charge < -0.3 is 19.9 Å². The van der Waals surface area contributed by atoms with Crippen LogP contribution < -0.4 is 15.5 Å². The Hall–Kier alpha value is -3.07. The molecule has 1 fully saturated rings. The van der Waals surface area contributed by atoms with Crippen molar-refractivity contribution in [3.05, 3.63) is 48.1 Å². The molecule has 4 heterocycles. The Morgan fingerprint density at radius 2 is 2.18 bits per heavy atom. The van der Waals surface area contributed by atoms with E-state index in [4.69, 9.17) is 0 Å². The molecule has 146 valence electrons. The maximum Gasteiger partial charge on any atom is 0.275 e. The lowest BCUT2D eigenvalue weighted by Crippen LogP contribution is -2.32. The number of anilines is 2. The highest BCUT2D eigenvalue weighted by atomic mass is 19.1. The SMILES string of the molecule is CCN[C@@H]1CCN(c2cnc(C(=O)Nc3cc(F)c4nc(C)cn4c3)cn2)C1. The number of imidazole rings is 1. The number of hydrogen-bond donors (Lipinski definition) is 2. The van der Waals surface area contributed by atoms with E-state index in [1.165, 1.54) is 12.3 Å². The van der Waals surface area contributed by atoms with E-state index in [1.54, 1.807) is 29.9 Å². The Kier molecular flexibility index (Phi) is 4.91. The van der Waals surface area contributed by atoms with Crippen molar-refractivity contribution in [1.82, 2.24) is 24.7 Å². The number of rotatable bonds is 5. The number of aromatic nitrogens is 4. The zero-order valence-corrected chi connectivity index (χ0v) is 15.8. The first-order chi connectivity index (χ1) is 13.5. The van der Waals surface area contributed by atoms with Gasteiger partial charge in [0.05, 0.1) is 23.8 Å². The summed E-state index contributed by atoms with van der Waals surface area (Å²) in [5.41, 5.74) is 1.42. The molecule has 0 radical (unpaired) electrons. The van der Waals surface area contributed by atoms with E-state index in [0.717, 1.165) is 31.9 Å². The maximum atomic E-state index is 14.2. The normalized spacial score (nSPS) is 16.7. The molecule has 1 aliphatic heterocycles. The fourth-order valence-electron chi connectivity index (χ4n) is 3.47. The summed E-state index contributed by atoms with van der Waals surface area (Å²) < 4.78 is 15.7. The number of nitrogens with zero attached hydrogens (tertiary/aromatic N) is 5. The highest BCUT2D eigenvalue weighted by Crippen LogP contribution is 2.19. The highest BCUT2D eigenvalue weighted by Gasteiger charge is 2.23. The molecule has 28 heavy (non-hydrogen) atoms. The lowest BCUT2D eigenvalue weighted by Gasteiger charge is -2.17. The van der Waals surface area contributed by atoms with E-state index in [0.29, 0.717) is 17.4 Å². The minimum Gasteiger partial charge on any atom is -0.354 e. The Labute approximate surface area is 161 Å². The molecule has 1 saturated heterocycles. The fourth-order valence-corrected chi connectivity index (χ4v) is 3.47. The van der Waals surface area contributed by atoms with Crippen LogP contribution in [0.1, 0.15) is 29.5 Å². The molecule has 1 aliphatic rings. The van der Waals surface area contributed by atoms with Gasteiger partial charge in [0.25, 0.3) is 5.91 Å². The van der Waals surface area contributed by atoms with Gasteiger partial charge in [-0.3, -0.25) is 4.79 Å². The first-order valence-electron chi connectivity index (χ1n) is 9.30. The summed E-state index contributed by atoms with van der Waals surface area (Å²) in [6, 6.07) is 1.69. The van der Waals surface area contributed by atoms with Crippen molar-refractivity contribution in [3.8, 4) is 0 Å². The van der Waals surface area contributed by atoms with Gasteiger partial charge in [-0.25, -0.2) is 19.3 Å². The quantitative estimate of drug-likeness (QED) is 0.701. The van der Waals surface area contributed by atoms with Crippen molar-refractivity contribution in [1.29, 1.82) is 0 Å². The van der Waals surface area contributed by atoms with Crippen molar-refractivity contribution in [2.24, 2.45) is 0 Å². The number of carbonyl (C=O) groups is 1. The standard InChI is InChI=1S/C19H22FN7O/c1-3-21-13-4-5-26(10-13)17-8-22-16(7-23-17)19(28)25-14-6-15(20)18-24-12(2)9-27(18)11-14/h6-9,11,13,21H,3-5,10H2,1-2H3,(H,25,28)/t13-/m1/s1. The summed E-state index contributed by atoms with van der Waals surface area (Å²) in [4.78, 5) is 27.3. The van der Waals surface area contributed by atoms with Crippen LogP contribution in [0.25, 0.3) is 5.65 Å². The molecule has 0 aliphatic carbocycles. The van der Waals surface area contributed by atoms with E-state index < -0.39 is 11.7 Å². The molecule has 0 saturated carbocycles. The Bertz CT molecular complexity index is 1000. The number of carbonyl (C=O) groups excluding carboxylic acids is 1. The average Bonchev–Trinajstić information content (AvgIpc) is 3.28. The maximum absolute atomic E-state index is 14.2. The van der Waals surface area contributed by atoms with Crippen molar-refractivity contribution >= 4 is 23.1 Å². The topological polar surface area (TPSA) is 87.5 Å². The van der Waals surface area contributed by atoms with E-state index in [-0.39, 0.29) is 11.3 Å². The van der Waals surface area contributed by atoms with Gasteiger partial charge >= 0.3 is 0 Å². The van der Waals surface area contributed by atoms with Crippen LogP contribution in [0.15, 0.2) is 30.9 Å². The number of aryl methyl sites for hydroxylation is 1. The average molecular weight is 383 g/mol. The number of amides is 1. The zero-order valence-electron chi connectivity index (χ0n) is 15.8. The molecule has 0 aromatic carbocycles. The fraction of sp³-hybridized carbons (Fsp3) is 0.368. The van der Waals surface area contributed by atoms with Gasteiger partial charge in [-0.15, -0.1) is 0 Å². The van der Waals surface area contributed by atoms with Crippen LogP contribution in [0.3, 0.4) is 0 Å². The van der Waals surface area contributed by atoms with Gasteiger partial charge in [0.2, 0.25) is 0 Å². The molecular formula is C19H22FN7O. The molecule has 1 amide bonds. The molecule has 1 atom stereocenters. The van der Waals surface area contributed by atoms with Crippen LogP contribution in [0, 0.1) is 12.7 Å². The lowest BCUT2D eigenvalue weighted by molar-refractivity contribution is 0.102. The highest BCUT2D eigenvalue weighted by molar-refractivity contribution is 6.02.